The molecule has 4 rings (SSSR count). The molecule has 3 heterocycles. The van der Waals surface area contributed by atoms with Crippen LogP contribution in [0.5, 0.6) is 5.75 Å². The smallest absolute Gasteiger partial charge is 0.351 e. The van der Waals surface area contributed by atoms with Gasteiger partial charge in [-0.1, -0.05) is 17.8 Å². The van der Waals surface area contributed by atoms with Gasteiger partial charge in [-0.05, 0) is 12.1 Å². The second kappa shape index (κ2) is 8.28. The molecule has 4 N–H and O–H groups in total. The molecule has 1 fully saturated rings. The van der Waals surface area contributed by atoms with Gasteiger partial charge in [-0.15, -0.1) is 0 Å². The van der Waals surface area contributed by atoms with Crippen LogP contribution in [0.4, 0.5) is 15.9 Å². The molecule has 2 aromatic rings. The summed E-state index contributed by atoms with van der Waals surface area (Å²) < 4.78 is 32.2. The van der Waals surface area contributed by atoms with Crippen LogP contribution in [-0.2, 0) is 9.47 Å². The summed E-state index contributed by atoms with van der Waals surface area (Å²) in [6.07, 6.45) is -3.19. The summed E-state index contributed by atoms with van der Waals surface area (Å²) in [4.78, 5) is 18.1. The molecule has 1 saturated heterocycles. The Morgan fingerprint density at radius 1 is 1.45 bits per heavy atom. The number of fused-ring (bicyclic) bond motifs is 2. The minimum absolute atomic E-state index is 0.350. The van der Waals surface area contributed by atoms with E-state index in [1.807, 2.05) is 12.1 Å². The van der Waals surface area contributed by atoms with Crippen LogP contribution < -0.4 is 21.5 Å². The zero-order valence-corrected chi connectivity index (χ0v) is 16.4. The number of aromatic nitrogens is 2. The molecule has 0 bridgehead atoms. The van der Waals surface area contributed by atoms with Gasteiger partial charge in [-0.3, -0.25) is 4.57 Å². The van der Waals surface area contributed by atoms with E-state index >= 15 is 0 Å². The number of nitrogens with one attached hydrogen (secondary N) is 1. The maximum atomic E-state index is 14.8. The lowest BCUT2D eigenvalue weighted by atomic mass is 10.1. The summed E-state index contributed by atoms with van der Waals surface area (Å²) in [7, 11) is 1.33. The fourth-order valence-corrected chi connectivity index (χ4v) is 4.39. The van der Waals surface area contributed by atoms with Crippen LogP contribution in [0, 0.1) is 0 Å². The number of aliphatic hydroxyl groups is 1. The van der Waals surface area contributed by atoms with E-state index in [0.29, 0.717) is 35.3 Å². The molecule has 2 unspecified atom stereocenters. The molecule has 0 radical (unpaired) electrons. The maximum Gasteiger partial charge on any atom is 0.351 e. The Morgan fingerprint density at radius 2 is 2.28 bits per heavy atom. The highest BCUT2D eigenvalue weighted by molar-refractivity contribution is 7.99. The van der Waals surface area contributed by atoms with Gasteiger partial charge in [-0.25, -0.2) is 9.18 Å². The Balaban J connectivity index is 1.66. The van der Waals surface area contributed by atoms with Gasteiger partial charge in [-0.2, -0.15) is 4.98 Å². The minimum Gasteiger partial charge on any atom is -0.490 e. The van der Waals surface area contributed by atoms with Crippen molar-refractivity contribution in [3.8, 4) is 5.75 Å². The quantitative estimate of drug-likeness (QED) is 0.533. The lowest BCUT2D eigenvalue weighted by Gasteiger charge is -2.24. The topological polar surface area (TPSA) is 121 Å². The molecule has 1 aromatic heterocycles. The Labute approximate surface area is 170 Å². The minimum atomic E-state index is -1.63. The number of rotatable bonds is 6. The predicted molar refractivity (Wildman–Crippen MR) is 104 cm³/mol. The molecule has 4 atom stereocenters. The van der Waals surface area contributed by atoms with Gasteiger partial charge in [0.15, 0.2) is 18.2 Å². The molecule has 0 aliphatic carbocycles. The number of para-hydroxylation sites is 1. The number of alkyl halides is 1. The van der Waals surface area contributed by atoms with E-state index < -0.39 is 36.9 Å². The number of benzene rings is 1. The number of anilines is 2. The number of hydrogen-bond acceptors (Lipinski definition) is 9. The SMILES string of the molecule is COC1C(F)[C@H](n2cc3c(nc2=O)Nc2c(OCCN)cccc2S3)O[C@@H]1CO. The highest BCUT2D eigenvalue weighted by Gasteiger charge is 2.46. The van der Waals surface area contributed by atoms with Crippen LogP contribution in [0.3, 0.4) is 0 Å². The van der Waals surface area contributed by atoms with Crippen molar-refractivity contribution in [2.45, 2.75) is 34.4 Å². The number of aliphatic hydroxyl groups excluding tert-OH is 1. The van der Waals surface area contributed by atoms with Crippen molar-refractivity contribution in [2.75, 3.05) is 32.2 Å². The largest absolute Gasteiger partial charge is 0.490 e. The molecule has 2 aliphatic rings. The van der Waals surface area contributed by atoms with Crippen molar-refractivity contribution in [2.24, 2.45) is 5.73 Å². The van der Waals surface area contributed by atoms with Crippen LogP contribution in [-0.4, -0.2) is 59.9 Å². The van der Waals surface area contributed by atoms with Crippen LogP contribution in [0.2, 0.25) is 0 Å². The molecule has 1 aromatic carbocycles. The van der Waals surface area contributed by atoms with Crippen LogP contribution in [0.25, 0.3) is 0 Å². The van der Waals surface area contributed by atoms with Gasteiger partial charge in [0, 0.05) is 24.7 Å². The third kappa shape index (κ3) is 3.60. The summed E-state index contributed by atoms with van der Waals surface area (Å²) in [6, 6.07) is 5.54. The lowest BCUT2D eigenvalue weighted by molar-refractivity contribution is -0.0546. The van der Waals surface area contributed by atoms with Crippen LogP contribution >= 0.6 is 11.8 Å². The summed E-state index contributed by atoms with van der Waals surface area (Å²) in [5.74, 6) is 0.955. The number of halogens is 1. The number of nitrogens with two attached hydrogens (primary N) is 1. The number of ether oxygens (including phenoxy) is 3. The molecule has 0 saturated carbocycles. The fraction of sp³-hybridized carbons (Fsp3) is 0.444. The first-order valence-electron chi connectivity index (χ1n) is 9.04. The normalized spacial score (nSPS) is 25.2. The van der Waals surface area contributed by atoms with E-state index in [1.165, 1.54) is 25.1 Å². The first kappa shape index (κ1) is 20.1. The van der Waals surface area contributed by atoms with Crippen LogP contribution in [0.1, 0.15) is 6.23 Å². The van der Waals surface area contributed by atoms with Crippen molar-refractivity contribution in [1.29, 1.82) is 0 Å². The lowest BCUT2D eigenvalue weighted by Crippen LogP contribution is -2.35. The van der Waals surface area contributed by atoms with E-state index in [0.717, 1.165) is 9.46 Å². The summed E-state index contributed by atoms with van der Waals surface area (Å²) in [6.45, 7) is 0.311. The van der Waals surface area contributed by atoms with E-state index in [2.05, 4.69) is 10.3 Å². The second-order valence-electron chi connectivity index (χ2n) is 6.53. The third-order valence-electron chi connectivity index (χ3n) is 4.74. The van der Waals surface area contributed by atoms with Crippen LogP contribution in [0.15, 0.2) is 39.0 Å². The highest BCUT2D eigenvalue weighted by atomic mass is 32.2. The number of methoxy groups -OCH3 is 1. The van der Waals surface area contributed by atoms with Gasteiger partial charge >= 0.3 is 5.69 Å². The first-order valence-corrected chi connectivity index (χ1v) is 9.86. The van der Waals surface area contributed by atoms with Gasteiger partial charge in [0.05, 0.1) is 17.2 Å². The number of nitrogens with zero attached hydrogens (tertiary/aromatic N) is 2. The van der Waals surface area contributed by atoms with E-state index in [9.17, 15) is 14.3 Å². The molecular formula is C18H21FN4O5S. The molecule has 9 nitrogen and oxygen atoms in total. The monoisotopic (exact) mass is 424 g/mol. The Kier molecular flexibility index (Phi) is 5.74. The molecule has 29 heavy (non-hydrogen) atoms. The van der Waals surface area contributed by atoms with Crippen molar-refractivity contribution in [3.63, 3.8) is 0 Å². The summed E-state index contributed by atoms with van der Waals surface area (Å²) >= 11 is 1.37. The zero-order chi connectivity index (χ0) is 20.5. The molecular weight excluding hydrogens is 403 g/mol. The summed E-state index contributed by atoms with van der Waals surface area (Å²) in [5.41, 5.74) is 5.52. The highest BCUT2D eigenvalue weighted by Crippen LogP contribution is 2.47. The van der Waals surface area contributed by atoms with E-state index in [4.69, 9.17) is 19.9 Å². The van der Waals surface area contributed by atoms with Gasteiger partial charge in [0.1, 0.15) is 24.6 Å². The predicted octanol–water partition coefficient (Wildman–Crippen LogP) is 1.03. The maximum absolute atomic E-state index is 14.8. The molecule has 0 spiro atoms. The molecule has 11 heteroatoms. The standard InChI is InChI=1S/C18H21FN4O5S/c1-26-15-10(8-24)28-17(13(15)19)23-7-12-16(22-18(23)25)21-14-9(27-6-5-20)3-2-4-11(14)29-12/h2-4,7,10,13,15,17,24H,5-6,8,20H2,1H3,(H,21,22,25)/t10-,13?,15?,17-/m1/s1. The van der Waals surface area contributed by atoms with E-state index in [1.54, 1.807) is 6.07 Å². The summed E-state index contributed by atoms with van der Waals surface area (Å²) in [5, 5.41) is 12.5. The molecule has 156 valence electrons. The Hall–Kier alpha value is -2.18. The van der Waals surface area contributed by atoms with Gasteiger partial charge in [0.2, 0.25) is 0 Å². The average Bonchev–Trinajstić information content (AvgIpc) is 3.05. The number of hydrogen-bond donors (Lipinski definition) is 3. The van der Waals surface area contributed by atoms with Crippen molar-refractivity contribution >= 4 is 23.3 Å². The molecule has 0 amide bonds. The molecule has 2 aliphatic heterocycles. The Morgan fingerprint density at radius 3 is 2.97 bits per heavy atom. The van der Waals surface area contributed by atoms with Gasteiger partial charge < -0.3 is 30.4 Å². The first-order chi connectivity index (χ1) is 14.1. The zero-order valence-electron chi connectivity index (χ0n) is 15.6. The van der Waals surface area contributed by atoms with E-state index in [-0.39, 0.29) is 0 Å². The second-order valence-corrected chi connectivity index (χ2v) is 7.61. The fourth-order valence-electron chi connectivity index (χ4n) is 3.39. The van der Waals surface area contributed by atoms with Crippen molar-refractivity contribution in [3.05, 3.63) is 34.9 Å². The van der Waals surface area contributed by atoms with Crippen molar-refractivity contribution in [1.82, 2.24) is 9.55 Å². The average molecular weight is 424 g/mol. The van der Waals surface area contributed by atoms with Gasteiger partial charge in [0.25, 0.3) is 0 Å². The van der Waals surface area contributed by atoms with Crippen molar-refractivity contribution < 1.29 is 23.7 Å². The third-order valence-corrected chi connectivity index (χ3v) is 5.82. The Bertz CT molecular complexity index is 958.